The van der Waals surface area contributed by atoms with E-state index in [1.807, 2.05) is 13.8 Å². The Labute approximate surface area is 125 Å². The second kappa shape index (κ2) is 8.91. The van der Waals surface area contributed by atoms with Crippen LogP contribution in [-0.4, -0.2) is 31.8 Å². The highest BCUT2D eigenvalue weighted by Crippen LogP contribution is 2.23. The van der Waals surface area contributed by atoms with E-state index < -0.39 is 21.7 Å². The van der Waals surface area contributed by atoms with E-state index in [1.165, 1.54) is 0 Å². The van der Waals surface area contributed by atoms with Gasteiger partial charge in [-0.05, 0) is 26.7 Å². The Balaban J connectivity index is 0. The van der Waals surface area contributed by atoms with Crippen molar-refractivity contribution in [1.29, 1.82) is 0 Å². The lowest BCUT2D eigenvalue weighted by atomic mass is 9.91. The van der Waals surface area contributed by atoms with E-state index in [1.54, 1.807) is 13.8 Å². The lowest BCUT2D eigenvalue weighted by molar-refractivity contribution is -0.146. The molecular formula is C12H22Br2O4. The number of hydrogen-bond acceptors (Lipinski definition) is 2. The monoisotopic (exact) mass is 388 g/mol. The second-order valence-corrected chi connectivity index (χ2v) is 6.92. The third-order valence-corrected chi connectivity index (χ3v) is 4.73. The summed E-state index contributed by atoms with van der Waals surface area (Å²) in [6.07, 6.45) is 2.21. The van der Waals surface area contributed by atoms with E-state index in [0.717, 1.165) is 6.42 Å². The van der Waals surface area contributed by atoms with Crippen LogP contribution in [-0.2, 0) is 9.59 Å². The maximum Gasteiger partial charge on any atom is 0.320 e. The fourth-order valence-electron chi connectivity index (χ4n) is 0.879. The van der Waals surface area contributed by atoms with Crippen LogP contribution < -0.4 is 0 Å². The zero-order valence-corrected chi connectivity index (χ0v) is 14.5. The molecule has 0 heterocycles. The van der Waals surface area contributed by atoms with E-state index in [-0.39, 0.29) is 0 Å². The van der Waals surface area contributed by atoms with Gasteiger partial charge in [-0.1, -0.05) is 52.1 Å². The Morgan fingerprint density at radius 3 is 1.61 bits per heavy atom. The molecule has 0 fully saturated rings. The van der Waals surface area contributed by atoms with Gasteiger partial charge < -0.3 is 10.2 Å². The molecular weight excluding hydrogens is 368 g/mol. The van der Waals surface area contributed by atoms with Crippen molar-refractivity contribution in [2.24, 2.45) is 5.41 Å². The maximum absolute atomic E-state index is 10.5. The van der Waals surface area contributed by atoms with Gasteiger partial charge in [0.2, 0.25) is 0 Å². The van der Waals surface area contributed by atoms with Crippen molar-refractivity contribution in [1.82, 2.24) is 0 Å². The lowest BCUT2D eigenvalue weighted by Gasteiger charge is -2.18. The van der Waals surface area contributed by atoms with E-state index in [0.29, 0.717) is 18.2 Å². The van der Waals surface area contributed by atoms with Crippen molar-refractivity contribution in [3.05, 3.63) is 0 Å². The van der Waals surface area contributed by atoms with E-state index in [2.05, 4.69) is 31.9 Å². The molecule has 0 saturated heterocycles. The number of aliphatic carboxylic acids is 2. The van der Waals surface area contributed by atoms with Crippen molar-refractivity contribution in [2.45, 2.75) is 51.3 Å². The Bertz CT molecular complexity index is 273. The van der Waals surface area contributed by atoms with Crippen LogP contribution in [0.2, 0.25) is 0 Å². The molecule has 0 aliphatic rings. The minimum Gasteiger partial charge on any atom is -0.481 e. The molecule has 0 aromatic carbocycles. The summed E-state index contributed by atoms with van der Waals surface area (Å²) >= 11 is 6.26. The highest BCUT2D eigenvalue weighted by Gasteiger charge is 2.29. The smallest absolute Gasteiger partial charge is 0.320 e. The molecule has 2 N–H and O–H groups in total. The van der Waals surface area contributed by atoms with Crippen LogP contribution in [0.3, 0.4) is 0 Å². The number of carbonyl (C=O) groups is 2. The zero-order valence-electron chi connectivity index (χ0n) is 11.3. The maximum atomic E-state index is 10.5. The van der Waals surface area contributed by atoms with Crippen molar-refractivity contribution < 1.29 is 19.8 Å². The highest BCUT2D eigenvalue weighted by molar-refractivity contribution is 9.10. The average Bonchev–Trinajstić information content (AvgIpc) is 2.28. The molecule has 108 valence electrons. The molecule has 0 saturated carbocycles. The van der Waals surface area contributed by atoms with Gasteiger partial charge in [-0.3, -0.25) is 9.59 Å². The Kier molecular flexibility index (Phi) is 10.0. The molecule has 0 rings (SSSR count). The van der Waals surface area contributed by atoms with Crippen LogP contribution >= 0.6 is 31.9 Å². The number of halogens is 2. The predicted molar refractivity (Wildman–Crippen MR) is 79.7 cm³/mol. The van der Waals surface area contributed by atoms with Gasteiger partial charge in [-0.2, -0.15) is 0 Å². The van der Waals surface area contributed by atoms with Crippen LogP contribution in [0.1, 0.15) is 47.0 Å². The summed E-state index contributed by atoms with van der Waals surface area (Å²) in [4.78, 5) is 20.8. The number of rotatable bonds is 6. The van der Waals surface area contributed by atoms with Crippen molar-refractivity contribution in [3.8, 4) is 0 Å². The minimum atomic E-state index is -0.788. The molecule has 2 atom stereocenters. The van der Waals surface area contributed by atoms with E-state index in [9.17, 15) is 9.59 Å². The molecule has 0 radical (unpaired) electrons. The summed E-state index contributed by atoms with van der Waals surface area (Å²) in [5.41, 5.74) is -0.583. The topological polar surface area (TPSA) is 74.6 Å². The van der Waals surface area contributed by atoms with Crippen molar-refractivity contribution >= 4 is 43.8 Å². The van der Waals surface area contributed by atoms with E-state index >= 15 is 0 Å². The summed E-state index contributed by atoms with van der Waals surface area (Å²) in [6, 6.07) is 0. The van der Waals surface area contributed by atoms with Crippen LogP contribution in [0.25, 0.3) is 0 Å². The summed E-state index contributed by atoms with van der Waals surface area (Å²) < 4.78 is -0.720. The Hall–Kier alpha value is -0.100. The van der Waals surface area contributed by atoms with Crippen LogP contribution in [0, 0.1) is 5.41 Å². The zero-order chi connectivity index (χ0) is 15.0. The fraction of sp³-hybridized carbons (Fsp3) is 0.833. The first-order valence-electron chi connectivity index (χ1n) is 5.79. The number of alkyl halides is 2. The average molecular weight is 390 g/mol. The SMILES string of the molecule is CCC(C)(CBr)C(=O)O.CCCC(C)(Br)C(=O)O. The van der Waals surface area contributed by atoms with Crippen LogP contribution in [0.15, 0.2) is 0 Å². The predicted octanol–water partition coefficient (Wildman–Crippen LogP) is 3.91. The molecule has 0 aliphatic carbocycles. The molecule has 0 amide bonds. The highest BCUT2D eigenvalue weighted by atomic mass is 79.9. The van der Waals surface area contributed by atoms with Gasteiger partial charge in [-0.15, -0.1) is 0 Å². The van der Waals surface area contributed by atoms with Crippen LogP contribution in [0.4, 0.5) is 0 Å². The minimum absolute atomic E-state index is 0.520. The molecule has 0 spiro atoms. The molecule has 0 bridgehead atoms. The summed E-state index contributed by atoms with van der Waals surface area (Å²) in [6.45, 7) is 7.22. The molecule has 4 nitrogen and oxygen atoms in total. The first-order chi connectivity index (χ1) is 8.07. The van der Waals surface area contributed by atoms with Crippen LogP contribution in [0.5, 0.6) is 0 Å². The Morgan fingerprint density at radius 2 is 1.56 bits per heavy atom. The first-order valence-corrected chi connectivity index (χ1v) is 7.70. The number of carboxylic acid groups (broad SMARTS) is 2. The fourth-order valence-corrected chi connectivity index (χ4v) is 1.91. The quantitative estimate of drug-likeness (QED) is 0.675. The first kappa shape index (κ1) is 20.2. The van der Waals surface area contributed by atoms with Gasteiger partial charge in [0.15, 0.2) is 0 Å². The largest absolute Gasteiger partial charge is 0.481 e. The molecule has 6 heteroatoms. The van der Waals surface area contributed by atoms with Gasteiger partial charge in [-0.25, -0.2) is 0 Å². The van der Waals surface area contributed by atoms with Gasteiger partial charge in [0.25, 0.3) is 0 Å². The van der Waals surface area contributed by atoms with Gasteiger partial charge in [0.05, 0.1) is 5.41 Å². The van der Waals surface area contributed by atoms with Crippen molar-refractivity contribution in [3.63, 3.8) is 0 Å². The third-order valence-electron chi connectivity index (χ3n) is 2.76. The molecule has 0 aromatic rings. The number of carboxylic acids is 2. The van der Waals surface area contributed by atoms with Crippen molar-refractivity contribution in [2.75, 3.05) is 5.33 Å². The molecule has 18 heavy (non-hydrogen) atoms. The normalized spacial score (nSPS) is 16.8. The lowest BCUT2D eigenvalue weighted by Crippen LogP contribution is -2.27. The summed E-state index contributed by atoms with van der Waals surface area (Å²) in [5, 5.41) is 17.6. The summed E-state index contributed by atoms with van der Waals surface area (Å²) in [7, 11) is 0. The second-order valence-electron chi connectivity index (χ2n) is 4.61. The molecule has 0 aromatic heterocycles. The number of hydrogen-bond donors (Lipinski definition) is 2. The van der Waals surface area contributed by atoms with Gasteiger partial charge in [0, 0.05) is 5.33 Å². The van der Waals surface area contributed by atoms with Gasteiger partial charge >= 0.3 is 11.9 Å². The summed E-state index contributed by atoms with van der Waals surface area (Å²) in [5.74, 6) is -1.52. The third kappa shape index (κ3) is 7.36. The molecule has 0 aliphatic heterocycles. The van der Waals surface area contributed by atoms with Gasteiger partial charge in [0.1, 0.15) is 4.32 Å². The van der Waals surface area contributed by atoms with E-state index in [4.69, 9.17) is 10.2 Å². The molecule has 2 unspecified atom stereocenters. The standard InChI is InChI=1S/2C6H11BrO2/c1-3-6(2,4-7)5(8)9;1-3-4-6(2,7)5(8)9/h2*3-4H2,1-2H3,(H,8,9). The Morgan fingerprint density at radius 1 is 1.11 bits per heavy atom.